The maximum Gasteiger partial charge on any atom is 0.240 e. The van der Waals surface area contributed by atoms with Crippen LogP contribution in [0.5, 0.6) is 5.75 Å². The molecule has 1 unspecified atom stereocenters. The van der Waals surface area contributed by atoms with Crippen LogP contribution in [0.4, 0.5) is 0 Å². The van der Waals surface area contributed by atoms with Crippen LogP contribution >= 0.6 is 0 Å². The molecule has 2 aromatic carbocycles. The lowest BCUT2D eigenvalue weighted by Gasteiger charge is -2.36. The van der Waals surface area contributed by atoms with Crippen molar-refractivity contribution in [1.82, 2.24) is 24.6 Å². The average molecular weight is 430 g/mol. The molecule has 1 atom stereocenters. The van der Waals surface area contributed by atoms with Crippen molar-refractivity contribution < 1.29 is 9.53 Å². The van der Waals surface area contributed by atoms with E-state index in [1.807, 2.05) is 64.0 Å². The van der Waals surface area contributed by atoms with Crippen molar-refractivity contribution in [3.8, 4) is 11.4 Å². The summed E-state index contributed by atoms with van der Waals surface area (Å²) in [4.78, 5) is 17.4. The third-order valence-corrected chi connectivity index (χ3v) is 6.17. The summed E-state index contributed by atoms with van der Waals surface area (Å²) >= 11 is 0. The number of rotatable bonds is 5. The summed E-state index contributed by atoms with van der Waals surface area (Å²) in [5.74, 6) is 0.784. The Balaban J connectivity index is 1.40. The molecular formula is C25H27N5O2. The highest BCUT2D eigenvalue weighted by molar-refractivity contribution is 5.80. The van der Waals surface area contributed by atoms with Gasteiger partial charge >= 0.3 is 0 Å². The third kappa shape index (κ3) is 3.75. The van der Waals surface area contributed by atoms with Gasteiger partial charge in [0.25, 0.3) is 0 Å². The summed E-state index contributed by atoms with van der Waals surface area (Å²) in [5.41, 5.74) is 5.10. The lowest BCUT2D eigenvalue weighted by atomic mass is 9.74. The monoisotopic (exact) mass is 429 g/mol. The van der Waals surface area contributed by atoms with Crippen LogP contribution in [0, 0.1) is 5.41 Å². The van der Waals surface area contributed by atoms with Crippen molar-refractivity contribution in [2.24, 2.45) is 5.41 Å². The predicted octanol–water partition coefficient (Wildman–Crippen LogP) is 4.06. The second kappa shape index (κ2) is 7.82. The van der Waals surface area contributed by atoms with Crippen LogP contribution in [-0.2, 0) is 17.8 Å². The first-order valence-electron chi connectivity index (χ1n) is 10.8. The Morgan fingerprint density at radius 2 is 1.97 bits per heavy atom. The Hall–Kier alpha value is -3.61. The fraction of sp³-hybridized carbons (Fsp3) is 0.320. The summed E-state index contributed by atoms with van der Waals surface area (Å²) in [7, 11) is 1.66. The van der Waals surface area contributed by atoms with Gasteiger partial charge in [0.1, 0.15) is 12.3 Å². The van der Waals surface area contributed by atoms with E-state index >= 15 is 0 Å². The van der Waals surface area contributed by atoms with Crippen LogP contribution in [0.15, 0.2) is 61.1 Å². The maximum absolute atomic E-state index is 13.0. The minimum atomic E-state index is -0.0805. The number of benzene rings is 2. The van der Waals surface area contributed by atoms with Gasteiger partial charge in [-0.25, -0.2) is 9.67 Å². The van der Waals surface area contributed by atoms with Crippen LogP contribution in [0.25, 0.3) is 16.7 Å². The van der Waals surface area contributed by atoms with Crippen molar-refractivity contribution in [1.29, 1.82) is 0 Å². The van der Waals surface area contributed by atoms with Crippen molar-refractivity contribution in [3.05, 3.63) is 72.3 Å². The summed E-state index contributed by atoms with van der Waals surface area (Å²) in [6.07, 6.45) is 5.38. The molecule has 2 heterocycles. The number of amides is 1. The Morgan fingerprint density at radius 1 is 1.19 bits per heavy atom. The number of methoxy groups -OCH3 is 1. The quantitative estimate of drug-likeness (QED) is 0.519. The van der Waals surface area contributed by atoms with Gasteiger partial charge in [0.05, 0.1) is 48.1 Å². The molecule has 0 fully saturated rings. The van der Waals surface area contributed by atoms with Crippen LogP contribution < -0.4 is 10.1 Å². The summed E-state index contributed by atoms with van der Waals surface area (Å²) in [6, 6.07) is 15.6. The van der Waals surface area contributed by atoms with Gasteiger partial charge in [-0.2, -0.15) is 5.10 Å². The predicted molar refractivity (Wildman–Crippen MR) is 123 cm³/mol. The first kappa shape index (κ1) is 20.3. The Bertz CT molecular complexity index is 1270. The van der Waals surface area contributed by atoms with Crippen molar-refractivity contribution >= 4 is 16.9 Å². The molecule has 0 aliphatic heterocycles. The van der Waals surface area contributed by atoms with E-state index in [0.717, 1.165) is 46.6 Å². The van der Waals surface area contributed by atoms with E-state index < -0.39 is 0 Å². The van der Waals surface area contributed by atoms with Gasteiger partial charge in [0.2, 0.25) is 5.91 Å². The SMILES string of the molecule is COc1ccc(-n2ncc3c2CC(C)(C)CC3NC(=O)Cn2cnc3ccccc32)cc1. The highest BCUT2D eigenvalue weighted by Crippen LogP contribution is 2.41. The minimum Gasteiger partial charge on any atom is -0.497 e. The molecule has 32 heavy (non-hydrogen) atoms. The van der Waals surface area contributed by atoms with E-state index in [-0.39, 0.29) is 23.9 Å². The zero-order valence-corrected chi connectivity index (χ0v) is 18.6. The van der Waals surface area contributed by atoms with Crippen LogP contribution in [0.3, 0.4) is 0 Å². The molecule has 1 aliphatic carbocycles. The fourth-order valence-corrected chi connectivity index (χ4v) is 4.65. The van der Waals surface area contributed by atoms with Crippen molar-refractivity contribution in [3.63, 3.8) is 0 Å². The summed E-state index contributed by atoms with van der Waals surface area (Å²) in [5, 5.41) is 7.93. The van der Waals surface area contributed by atoms with Crippen molar-refractivity contribution in [2.75, 3.05) is 7.11 Å². The normalized spacial score (nSPS) is 17.2. The minimum absolute atomic E-state index is 0.0287. The Kier molecular flexibility index (Phi) is 4.96. The molecule has 1 N–H and O–H groups in total. The maximum atomic E-state index is 13.0. The smallest absolute Gasteiger partial charge is 0.240 e. The average Bonchev–Trinajstić information content (AvgIpc) is 3.37. The van der Waals surface area contributed by atoms with E-state index in [1.54, 1.807) is 13.4 Å². The zero-order valence-electron chi connectivity index (χ0n) is 18.6. The number of para-hydroxylation sites is 2. The van der Waals surface area contributed by atoms with E-state index in [1.165, 1.54) is 0 Å². The third-order valence-electron chi connectivity index (χ3n) is 6.17. The molecular weight excluding hydrogens is 402 g/mol. The molecule has 2 aromatic heterocycles. The molecule has 7 nitrogen and oxygen atoms in total. The summed E-state index contributed by atoms with van der Waals surface area (Å²) < 4.78 is 9.15. The number of nitrogens with zero attached hydrogens (tertiary/aromatic N) is 4. The molecule has 0 radical (unpaired) electrons. The first-order chi connectivity index (χ1) is 15.4. The van der Waals surface area contributed by atoms with E-state index in [9.17, 15) is 4.79 Å². The number of nitrogens with one attached hydrogen (secondary N) is 1. The molecule has 0 bridgehead atoms. The number of ether oxygens (including phenoxy) is 1. The number of imidazole rings is 1. The standard InChI is InChI=1S/C25H27N5O2/c1-25(2)12-21(28-24(31)15-29-16-26-20-6-4-5-7-22(20)29)19-14-27-30(23(19)13-25)17-8-10-18(32-3)11-9-17/h4-11,14,16,21H,12-13,15H2,1-3H3,(H,28,31). The largest absolute Gasteiger partial charge is 0.497 e. The van der Waals surface area contributed by atoms with Crippen LogP contribution in [0.2, 0.25) is 0 Å². The van der Waals surface area contributed by atoms with E-state index in [4.69, 9.17) is 4.74 Å². The van der Waals surface area contributed by atoms with Gasteiger partial charge in [-0.3, -0.25) is 4.79 Å². The molecule has 1 aliphatic rings. The summed E-state index contributed by atoms with van der Waals surface area (Å²) in [6.45, 7) is 4.72. The zero-order chi connectivity index (χ0) is 22.3. The van der Waals surface area contributed by atoms with Crippen LogP contribution in [0.1, 0.15) is 37.6 Å². The fourth-order valence-electron chi connectivity index (χ4n) is 4.65. The number of hydrogen-bond acceptors (Lipinski definition) is 4. The number of fused-ring (bicyclic) bond motifs is 2. The van der Waals surface area contributed by atoms with Gasteiger partial charge in [0, 0.05) is 5.56 Å². The molecule has 1 amide bonds. The molecule has 5 rings (SSSR count). The number of aromatic nitrogens is 4. The highest BCUT2D eigenvalue weighted by Gasteiger charge is 2.36. The topological polar surface area (TPSA) is 74.0 Å². The Labute approximate surface area is 187 Å². The molecule has 4 aromatic rings. The number of carbonyl (C=O) groups excluding carboxylic acids is 1. The lowest BCUT2D eigenvalue weighted by Crippen LogP contribution is -2.38. The van der Waals surface area contributed by atoms with Crippen molar-refractivity contribution in [2.45, 2.75) is 39.3 Å². The molecule has 164 valence electrons. The van der Waals surface area contributed by atoms with Crippen LogP contribution in [-0.4, -0.2) is 32.3 Å². The first-order valence-corrected chi connectivity index (χ1v) is 10.8. The molecule has 0 saturated heterocycles. The molecule has 0 saturated carbocycles. The molecule has 7 heteroatoms. The second-order valence-electron chi connectivity index (χ2n) is 9.18. The van der Waals surface area contributed by atoms with Gasteiger partial charge in [-0.15, -0.1) is 0 Å². The van der Waals surface area contributed by atoms with Gasteiger partial charge in [0.15, 0.2) is 0 Å². The number of hydrogen-bond donors (Lipinski definition) is 1. The van der Waals surface area contributed by atoms with Gasteiger partial charge in [-0.1, -0.05) is 26.0 Å². The Morgan fingerprint density at radius 3 is 2.75 bits per heavy atom. The van der Waals surface area contributed by atoms with E-state index in [0.29, 0.717) is 0 Å². The molecule has 0 spiro atoms. The second-order valence-corrected chi connectivity index (χ2v) is 9.18. The van der Waals surface area contributed by atoms with E-state index in [2.05, 4.69) is 29.2 Å². The lowest BCUT2D eigenvalue weighted by molar-refractivity contribution is -0.122. The number of carbonyl (C=O) groups is 1. The van der Waals surface area contributed by atoms with Gasteiger partial charge < -0.3 is 14.6 Å². The highest BCUT2D eigenvalue weighted by atomic mass is 16.5. The van der Waals surface area contributed by atoms with Gasteiger partial charge in [-0.05, 0) is 54.7 Å².